The molecule has 390 valence electrons. The number of rotatable bonds is 8. The van der Waals surface area contributed by atoms with Gasteiger partial charge in [-0.2, -0.15) is 47.4 Å². The molecule has 13 aromatic rings. The highest BCUT2D eigenvalue weighted by molar-refractivity contribution is 6.14. The fraction of sp³-hybridized carbons (Fsp3) is 0. The van der Waals surface area contributed by atoms with Gasteiger partial charge in [-0.1, -0.05) is 109 Å². The van der Waals surface area contributed by atoms with Gasteiger partial charge in [0.05, 0.1) is 150 Å². The van der Waals surface area contributed by atoms with E-state index in [1.54, 1.807) is 72.8 Å². The van der Waals surface area contributed by atoms with E-state index in [0.29, 0.717) is 139 Å². The molecule has 10 aromatic carbocycles. The SMILES string of the molecule is N#Cc1ccc(-c2ccc3c4ccc(-c5ccc(C#N)cc5C#N)cc4n(-c4cc(C#N)cc(-n5c6cc(-c7ccc(C#N)cc7C#N)ccc6c6ccc(-c7ccc(C#N)cc7C#N)cc65)c4-c4cccc(-c5ccccc5)n4)c3c2)c(C#N)c1. The third-order valence-corrected chi connectivity index (χ3v) is 15.6. The quantitative estimate of drug-likeness (QED) is 0.139. The molecular formula is C74H34N12. The van der Waals surface area contributed by atoms with Crippen LogP contribution in [0, 0.1) is 102 Å². The molecule has 0 aliphatic rings. The van der Waals surface area contributed by atoms with Crippen molar-refractivity contribution in [2.24, 2.45) is 0 Å². The summed E-state index contributed by atoms with van der Waals surface area (Å²) >= 11 is 0. The van der Waals surface area contributed by atoms with Gasteiger partial charge in [-0.15, -0.1) is 0 Å². The number of hydrogen-bond donors (Lipinski definition) is 0. The molecule has 0 saturated carbocycles. The molecule has 0 spiro atoms. The third kappa shape index (κ3) is 8.60. The second-order valence-corrected chi connectivity index (χ2v) is 20.3. The molecule has 0 fully saturated rings. The highest BCUT2D eigenvalue weighted by Gasteiger charge is 2.27. The molecule has 0 aliphatic carbocycles. The van der Waals surface area contributed by atoms with Gasteiger partial charge in [0.1, 0.15) is 0 Å². The van der Waals surface area contributed by atoms with Crippen LogP contribution in [0.25, 0.3) is 122 Å². The Bertz CT molecular complexity index is 4980. The zero-order valence-electron chi connectivity index (χ0n) is 45.0. The minimum Gasteiger partial charge on any atom is -0.308 e. The first kappa shape index (κ1) is 51.8. The number of aromatic nitrogens is 3. The average Bonchev–Trinajstić information content (AvgIpc) is 1.56. The molecule has 13 rings (SSSR count). The zero-order valence-corrected chi connectivity index (χ0v) is 45.0. The lowest BCUT2D eigenvalue weighted by molar-refractivity contribution is 1.12. The fourth-order valence-electron chi connectivity index (χ4n) is 11.7. The Hall–Kier alpha value is -13.6. The van der Waals surface area contributed by atoms with E-state index >= 15 is 0 Å². The van der Waals surface area contributed by atoms with Gasteiger partial charge in [-0.05, 0) is 142 Å². The number of pyridine rings is 1. The maximum Gasteiger partial charge on any atom is 0.0998 e. The normalized spacial score (nSPS) is 10.7. The summed E-state index contributed by atoms with van der Waals surface area (Å²) in [4.78, 5) is 5.49. The van der Waals surface area contributed by atoms with Crippen LogP contribution in [0.3, 0.4) is 0 Å². The first-order valence-corrected chi connectivity index (χ1v) is 26.8. The van der Waals surface area contributed by atoms with Crippen molar-refractivity contribution in [3.8, 4) is 133 Å². The fourth-order valence-corrected chi connectivity index (χ4v) is 11.7. The van der Waals surface area contributed by atoms with E-state index in [-0.39, 0.29) is 5.56 Å². The van der Waals surface area contributed by atoms with Crippen molar-refractivity contribution in [1.29, 1.82) is 47.4 Å². The molecule has 86 heavy (non-hydrogen) atoms. The lowest BCUT2D eigenvalue weighted by Crippen LogP contribution is -2.06. The maximum atomic E-state index is 11.5. The summed E-state index contributed by atoms with van der Waals surface area (Å²) in [5, 5.41) is 96.3. The number of nitrogens with zero attached hydrogens (tertiary/aromatic N) is 12. The van der Waals surface area contributed by atoms with Crippen LogP contribution < -0.4 is 0 Å². The number of fused-ring (bicyclic) bond motifs is 6. The van der Waals surface area contributed by atoms with Crippen LogP contribution in [-0.4, -0.2) is 14.1 Å². The average molecular weight is 1090 g/mol. The Balaban J connectivity index is 1.22. The van der Waals surface area contributed by atoms with E-state index in [2.05, 4.69) is 63.8 Å². The van der Waals surface area contributed by atoms with Crippen molar-refractivity contribution in [2.75, 3.05) is 0 Å². The highest BCUT2D eigenvalue weighted by Crippen LogP contribution is 2.46. The Morgan fingerprint density at radius 2 is 0.581 bits per heavy atom. The minimum atomic E-state index is 0.262. The molecule has 0 unspecified atom stereocenters. The van der Waals surface area contributed by atoms with Crippen molar-refractivity contribution < 1.29 is 0 Å². The van der Waals surface area contributed by atoms with Gasteiger partial charge in [-0.3, -0.25) is 0 Å². The summed E-state index contributed by atoms with van der Waals surface area (Å²) in [5.41, 5.74) is 14.1. The monoisotopic (exact) mass is 1090 g/mol. The lowest BCUT2D eigenvalue weighted by atomic mass is 9.96. The molecule has 0 aliphatic heterocycles. The minimum absolute atomic E-state index is 0.262. The highest BCUT2D eigenvalue weighted by atomic mass is 15.0. The summed E-state index contributed by atoms with van der Waals surface area (Å²) in [7, 11) is 0. The molecule has 3 aromatic heterocycles. The van der Waals surface area contributed by atoms with Crippen LogP contribution in [-0.2, 0) is 0 Å². The number of hydrogen-bond acceptors (Lipinski definition) is 10. The van der Waals surface area contributed by atoms with Crippen LogP contribution >= 0.6 is 0 Å². The standard InChI is InChI=1S/C74H34N12/c75-35-44-9-17-58(54(25-44)40-80)50-13-21-62-63-22-14-51(59-18-10-45(36-76)26-55(59)41-81)32-69(63)85(68(62)31-50)72-29-48(39-79)30-73(74(72)67-8-4-7-66(84-67)49-5-2-1-3-6-49)86-70-33-52(60-19-11-46(37-77)27-56(60)42-82)15-23-64(70)65-24-16-53(34-71(65)86)61-20-12-47(38-78)28-57(61)43-83/h1-34H. The first-order valence-electron chi connectivity index (χ1n) is 26.8. The van der Waals surface area contributed by atoms with Gasteiger partial charge >= 0.3 is 0 Å². The molecule has 12 heteroatoms. The van der Waals surface area contributed by atoms with E-state index in [1.165, 1.54) is 0 Å². The lowest BCUT2D eigenvalue weighted by Gasteiger charge is -2.21. The summed E-state index contributed by atoms with van der Waals surface area (Å²) in [5.74, 6) is 0. The van der Waals surface area contributed by atoms with E-state index in [9.17, 15) is 47.4 Å². The molecule has 12 nitrogen and oxygen atoms in total. The number of nitriles is 9. The van der Waals surface area contributed by atoms with Gasteiger partial charge in [-0.25, -0.2) is 4.98 Å². The smallest absolute Gasteiger partial charge is 0.0998 e. The van der Waals surface area contributed by atoms with Gasteiger partial charge in [0.25, 0.3) is 0 Å². The van der Waals surface area contributed by atoms with Crippen LogP contribution in [0.4, 0.5) is 0 Å². The van der Waals surface area contributed by atoms with Gasteiger partial charge < -0.3 is 9.13 Å². The Labute approximate surface area is 491 Å². The predicted molar refractivity (Wildman–Crippen MR) is 328 cm³/mol. The Morgan fingerprint density at radius 3 is 0.895 bits per heavy atom. The summed E-state index contributed by atoms with van der Waals surface area (Å²) in [6.07, 6.45) is 0. The predicted octanol–water partition coefficient (Wildman–Crippen LogP) is 16.1. The van der Waals surface area contributed by atoms with Crippen molar-refractivity contribution >= 4 is 43.6 Å². The van der Waals surface area contributed by atoms with E-state index in [4.69, 9.17) is 4.98 Å². The van der Waals surface area contributed by atoms with Crippen LogP contribution in [0.2, 0.25) is 0 Å². The van der Waals surface area contributed by atoms with Gasteiger partial charge in [0.2, 0.25) is 0 Å². The van der Waals surface area contributed by atoms with Crippen molar-refractivity contribution in [3.05, 3.63) is 256 Å². The zero-order chi connectivity index (χ0) is 59.2. The molecule has 0 saturated heterocycles. The topological polar surface area (TPSA) is 237 Å². The Morgan fingerprint density at radius 1 is 0.256 bits per heavy atom. The maximum absolute atomic E-state index is 11.5. The van der Waals surface area contributed by atoms with Crippen LogP contribution in [0.1, 0.15) is 50.1 Å². The second-order valence-electron chi connectivity index (χ2n) is 20.3. The van der Waals surface area contributed by atoms with Gasteiger partial charge in [0, 0.05) is 32.7 Å². The van der Waals surface area contributed by atoms with E-state index in [0.717, 1.165) is 27.1 Å². The third-order valence-electron chi connectivity index (χ3n) is 15.6. The largest absolute Gasteiger partial charge is 0.308 e. The summed E-state index contributed by atoms with van der Waals surface area (Å²) in [6, 6.07) is 83.1. The van der Waals surface area contributed by atoms with Crippen LogP contribution in [0.5, 0.6) is 0 Å². The van der Waals surface area contributed by atoms with Crippen LogP contribution in [0.15, 0.2) is 206 Å². The second kappa shape index (κ2) is 21.1. The summed E-state index contributed by atoms with van der Waals surface area (Å²) in [6.45, 7) is 0. The molecule has 0 amide bonds. The van der Waals surface area contributed by atoms with Crippen molar-refractivity contribution in [3.63, 3.8) is 0 Å². The first-order chi connectivity index (χ1) is 42.2. The number of benzene rings is 10. The van der Waals surface area contributed by atoms with E-state index in [1.807, 2.05) is 133 Å². The van der Waals surface area contributed by atoms with E-state index < -0.39 is 0 Å². The van der Waals surface area contributed by atoms with Gasteiger partial charge in [0.15, 0.2) is 0 Å². The van der Waals surface area contributed by atoms with Crippen molar-refractivity contribution in [2.45, 2.75) is 0 Å². The van der Waals surface area contributed by atoms with Crippen molar-refractivity contribution in [1.82, 2.24) is 14.1 Å². The molecule has 0 atom stereocenters. The Kier molecular flexibility index (Phi) is 12.7. The summed E-state index contributed by atoms with van der Waals surface area (Å²) < 4.78 is 4.16. The molecule has 0 radical (unpaired) electrons. The molecular weight excluding hydrogens is 1060 g/mol. The molecule has 0 bridgehead atoms. The molecule has 0 N–H and O–H groups in total. The molecule has 3 heterocycles.